The van der Waals surface area contributed by atoms with Gasteiger partial charge in [-0.3, -0.25) is 9.59 Å². The molecule has 0 fully saturated rings. The number of nitrogens with zero attached hydrogens (tertiary/aromatic N) is 1. The molecule has 0 aliphatic rings. The van der Waals surface area contributed by atoms with Crippen LogP contribution < -0.4 is 15.8 Å². The standard InChI is InChI=1S/C15H20F3N3O4/c1-21(14(24)7-20-13(23)6-19)8-11(22)9-25-12-4-2-10(3-5-12)15(16,17)18/h2-5,11,22H,6-9,19H2,1H3,(H,20,23). The van der Waals surface area contributed by atoms with Gasteiger partial charge in [0, 0.05) is 13.6 Å². The molecule has 140 valence electrons. The number of nitrogens with two attached hydrogens (primary N) is 1. The summed E-state index contributed by atoms with van der Waals surface area (Å²) in [4.78, 5) is 23.9. The summed E-state index contributed by atoms with van der Waals surface area (Å²) in [5.74, 6) is -0.750. The lowest BCUT2D eigenvalue weighted by Crippen LogP contribution is -2.43. The summed E-state index contributed by atoms with van der Waals surface area (Å²) in [5.41, 5.74) is 4.29. The lowest BCUT2D eigenvalue weighted by Gasteiger charge is -2.21. The van der Waals surface area contributed by atoms with Gasteiger partial charge in [-0.15, -0.1) is 0 Å². The van der Waals surface area contributed by atoms with E-state index in [1.54, 1.807) is 0 Å². The Labute approximate surface area is 142 Å². The maximum absolute atomic E-state index is 12.4. The van der Waals surface area contributed by atoms with Crippen molar-refractivity contribution in [2.24, 2.45) is 5.73 Å². The van der Waals surface area contributed by atoms with Gasteiger partial charge < -0.3 is 25.8 Å². The lowest BCUT2D eigenvalue weighted by molar-refractivity contribution is -0.137. The largest absolute Gasteiger partial charge is 0.491 e. The van der Waals surface area contributed by atoms with Crippen LogP contribution in [-0.2, 0) is 15.8 Å². The molecule has 0 saturated carbocycles. The van der Waals surface area contributed by atoms with Crippen LogP contribution in [0.25, 0.3) is 0 Å². The summed E-state index contributed by atoms with van der Waals surface area (Å²) in [6.45, 7) is -0.768. The second-order valence-electron chi connectivity index (χ2n) is 5.24. The monoisotopic (exact) mass is 363 g/mol. The first kappa shape index (κ1) is 20.7. The van der Waals surface area contributed by atoms with Gasteiger partial charge >= 0.3 is 6.18 Å². The molecule has 1 unspecified atom stereocenters. The van der Waals surface area contributed by atoms with Crippen LogP contribution in [0, 0.1) is 0 Å². The normalized spacial score (nSPS) is 12.4. The number of carbonyl (C=O) groups is 2. The first-order chi connectivity index (χ1) is 11.6. The Hall–Kier alpha value is -2.33. The smallest absolute Gasteiger partial charge is 0.416 e. The minimum absolute atomic E-state index is 0.0715. The highest BCUT2D eigenvalue weighted by molar-refractivity contribution is 5.85. The van der Waals surface area contributed by atoms with Crippen LogP contribution in [0.5, 0.6) is 5.75 Å². The first-order valence-corrected chi connectivity index (χ1v) is 7.32. The van der Waals surface area contributed by atoms with Crippen LogP contribution in [0.4, 0.5) is 13.2 Å². The SMILES string of the molecule is CN(CC(O)COc1ccc(C(F)(F)F)cc1)C(=O)CNC(=O)CN. The number of nitrogens with one attached hydrogen (secondary N) is 1. The van der Waals surface area contributed by atoms with Crippen molar-refractivity contribution >= 4 is 11.8 Å². The van der Waals surface area contributed by atoms with Crippen LogP contribution >= 0.6 is 0 Å². The molecular formula is C15H20F3N3O4. The summed E-state index contributed by atoms with van der Waals surface area (Å²) < 4.78 is 42.5. The van der Waals surface area contributed by atoms with Crippen LogP contribution in [0.15, 0.2) is 24.3 Å². The highest BCUT2D eigenvalue weighted by Crippen LogP contribution is 2.30. The van der Waals surface area contributed by atoms with Crippen molar-refractivity contribution in [2.45, 2.75) is 12.3 Å². The zero-order chi connectivity index (χ0) is 19.0. The molecule has 0 heterocycles. The molecule has 0 radical (unpaired) electrons. The Morgan fingerprint density at radius 3 is 2.44 bits per heavy atom. The first-order valence-electron chi connectivity index (χ1n) is 7.32. The van der Waals surface area contributed by atoms with Crippen molar-refractivity contribution in [1.29, 1.82) is 0 Å². The molecule has 4 N–H and O–H groups in total. The summed E-state index contributed by atoms with van der Waals surface area (Å²) >= 11 is 0. The molecule has 0 aliphatic carbocycles. The molecule has 1 aromatic carbocycles. The highest BCUT2D eigenvalue weighted by Gasteiger charge is 2.30. The zero-order valence-electron chi connectivity index (χ0n) is 13.5. The second-order valence-corrected chi connectivity index (χ2v) is 5.24. The molecule has 10 heteroatoms. The van der Waals surface area contributed by atoms with Crippen molar-refractivity contribution < 1.29 is 32.6 Å². The van der Waals surface area contributed by atoms with Gasteiger partial charge in [-0.25, -0.2) is 0 Å². The molecular weight excluding hydrogens is 343 g/mol. The van der Waals surface area contributed by atoms with E-state index in [1.165, 1.54) is 11.9 Å². The zero-order valence-corrected chi connectivity index (χ0v) is 13.5. The van der Waals surface area contributed by atoms with E-state index in [-0.39, 0.29) is 32.0 Å². The number of benzene rings is 1. The Kier molecular flexibility index (Phi) is 7.65. The molecule has 0 bridgehead atoms. The van der Waals surface area contributed by atoms with Crippen LogP contribution in [0.1, 0.15) is 5.56 Å². The third-order valence-electron chi connectivity index (χ3n) is 3.16. The average molecular weight is 363 g/mol. The fourth-order valence-corrected chi connectivity index (χ4v) is 1.78. The number of hydrogen-bond donors (Lipinski definition) is 3. The number of amides is 2. The van der Waals surface area contributed by atoms with Crippen LogP contribution in [0.2, 0.25) is 0 Å². The maximum Gasteiger partial charge on any atom is 0.416 e. The Balaban J connectivity index is 2.40. The number of rotatable bonds is 8. The van der Waals surface area contributed by atoms with Crippen molar-refractivity contribution in [2.75, 3.05) is 33.3 Å². The maximum atomic E-state index is 12.4. The third-order valence-corrected chi connectivity index (χ3v) is 3.16. The number of hydrogen-bond acceptors (Lipinski definition) is 5. The van der Waals surface area contributed by atoms with Gasteiger partial charge in [-0.2, -0.15) is 13.2 Å². The molecule has 0 spiro atoms. The number of alkyl halides is 3. The predicted octanol–water partition coefficient (Wildman–Crippen LogP) is -0.0216. The number of halogens is 3. The van der Waals surface area contributed by atoms with Crippen molar-refractivity contribution in [3.05, 3.63) is 29.8 Å². The van der Waals surface area contributed by atoms with Gasteiger partial charge in [0.05, 0.1) is 18.7 Å². The molecule has 1 aromatic rings. The van der Waals surface area contributed by atoms with E-state index in [9.17, 15) is 27.9 Å². The number of aliphatic hydroxyl groups excluding tert-OH is 1. The van der Waals surface area contributed by atoms with Crippen molar-refractivity contribution in [3.8, 4) is 5.75 Å². The van der Waals surface area contributed by atoms with Gasteiger partial charge in [-0.1, -0.05) is 0 Å². The number of ether oxygens (including phenoxy) is 1. The second kappa shape index (κ2) is 9.23. The molecule has 1 atom stereocenters. The highest BCUT2D eigenvalue weighted by atomic mass is 19.4. The fraction of sp³-hybridized carbons (Fsp3) is 0.467. The van der Waals surface area contributed by atoms with Gasteiger partial charge in [0.25, 0.3) is 0 Å². The molecule has 1 rings (SSSR count). The van der Waals surface area contributed by atoms with Crippen LogP contribution in [-0.4, -0.2) is 61.2 Å². The summed E-state index contributed by atoms with van der Waals surface area (Å²) in [6.07, 6.45) is -5.48. The van der Waals surface area contributed by atoms with Gasteiger partial charge in [-0.05, 0) is 24.3 Å². The summed E-state index contributed by atoms with van der Waals surface area (Å²) in [5, 5.41) is 12.1. The van der Waals surface area contributed by atoms with Gasteiger partial charge in [0.2, 0.25) is 11.8 Å². The molecule has 7 nitrogen and oxygen atoms in total. The Bertz CT molecular complexity index is 578. The van der Waals surface area contributed by atoms with E-state index < -0.39 is 29.7 Å². The van der Waals surface area contributed by atoms with Gasteiger partial charge in [0.15, 0.2) is 0 Å². The lowest BCUT2D eigenvalue weighted by atomic mass is 10.2. The molecule has 25 heavy (non-hydrogen) atoms. The minimum atomic E-state index is -4.43. The Morgan fingerprint density at radius 1 is 1.32 bits per heavy atom. The third kappa shape index (κ3) is 7.40. The number of aliphatic hydroxyl groups is 1. The Morgan fingerprint density at radius 2 is 1.92 bits per heavy atom. The van der Waals surface area contributed by atoms with Crippen LogP contribution in [0.3, 0.4) is 0 Å². The number of likely N-dealkylation sites (N-methyl/N-ethyl adjacent to an activating group) is 1. The fourth-order valence-electron chi connectivity index (χ4n) is 1.78. The van der Waals surface area contributed by atoms with Crippen molar-refractivity contribution in [3.63, 3.8) is 0 Å². The minimum Gasteiger partial charge on any atom is -0.491 e. The van der Waals surface area contributed by atoms with E-state index in [2.05, 4.69) is 5.32 Å². The number of carbonyl (C=O) groups excluding carboxylic acids is 2. The topological polar surface area (TPSA) is 105 Å². The van der Waals surface area contributed by atoms with Gasteiger partial charge in [0.1, 0.15) is 18.5 Å². The van der Waals surface area contributed by atoms with E-state index in [0.717, 1.165) is 24.3 Å². The average Bonchev–Trinajstić information content (AvgIpc) is 2.56. The summed E-state index contributed by atoms with van der Waals surface area (Å²) in [6, 6.07) is 4.04. The van der Waals surface area contributed by atoms with Crippen molar-refractivity contribution in [1.82, 2.24) is 10.2 Å². The quantitative estimate of drug-likeness (QED) is 0.602. The van der Waals surface area contributed by atoms with E-state index in [1.807, 2.05) is 0 Å². The molecule has 0 aromatic heterocycles. The van der Waals surface area contributed by atoms with E-state index >= 15 is 0 Å². The van der Waals surface area contributed by atoms with E-state index in [0.29, 0.717) is 0 Å². The molecule has 0 aliphatic heterocycles. The molecule has 2 amide bonds. The van der Waals surface area contributed by atoms with E-state index in [4.69, 9.17) is 10.5 Å². The molecule has 0 saturated heterocycles. The summed E-state index contributed by atoms with van der Waals surface area (Å²) in [7, 11) is 1.43. The predicted molar refractivity (Wildman–Crippen MR) is 82.6 cm³/mol.